The van der Waals surface area contributed by atoms with Crippen LogP contribution in [0.5, 0.6) is 0 Å². The highest BCUT2D eigenvalue weighted by Gasteiger charge is 2.34. The van der Waals surface area contributed by atoms with Crippen LogP contribution in [0.2, 0.25) is 0 Å². The van der Waals surface area contributed by atoms with E-state index < -0.39 is 29.2 Å². The van der Waals surface area contributed by atoms with Crippen molar-refractivity contribution in [1.82, 2.24) is 0 Å². The molecule has 0 N–H and O–H groups in total. The van der Waals surface area contributed by atoms with Crippen LogP contribution < -0.4 is 0 Å². The molecule has 0 aliphatic carbocycles. The van der Waals surface area contributed by atoms with Crippen LogP contribution in [0.25, 0.3) is 0 Å². The van der Waals surface area contributed by atoms with Crippen LogP contribution in [0, 0.1) is 11.6 Å². The lowest BCUT2D eigenvalue weighted by molar-refractivity contribution is -0.140. The third kappa shape index (κ3) is 3.29. The first-order chi connectivity index (χ1) is 9.70. The molecular weight excluding hydrogens is 359 g/mol. The summed E-state index contributed by atoms with van der Waals surface area (Å²) < 4.78 is 64.4. The van der Waals surface area contributed by atoms with Crippen molar-refractivity contribution in [3.05, 3.63) is 69.2 Å². The summed E-state index contributed by atoms with van der Waals surface area (Å²) in [7, 11) is 0. The first-order valence-electron chi connectivity index (χ1n) is 5.56. The van der Waals surface area contributed by atoms with Gasteiger partial charge in [0.25, 0.3) is 0 Å². The molecule has 0 amide bonds. The van der Waals surface area contributed by atoms with Crippen molar-refractivity contribution in [3.63, 3.8) is 0 Å². The Kier molecular flexibility index (Phi) is 4.13. The van der Waals surface area contributed by atoms with Crippen molar-refractivity contribution in [3.8, 4) is 0 Å². The third-order valence-electron chi connectivity index (χ3n) is 2.72. The maximum absolute atomic E-state index is 13.3. The highest BCUT2D eigenvalue weighted by atomic mass is 79.9. The van der Waals surface area contributed by atoms with Crippen LogP contribution >= 0.6 is 15.9 Å². The number of carbonyl (C=O) groups excluding carboxylic acids is 1. The number of carbonyl (C=O) groups is 1. The van der Waals surface area contributed by atoms with Crippen molar-refractivity contribution in [2.45, 2.75) is 6.18 Å². The fourth-order valence-electron chi connectivity index (χ4n) is 1.69. The van der Waals surface area contributed by atoms with Gasteiger partial charge in [-0.1, -0.05) is 0 Å². The summed E-state index contributed by atoms with van der Waals surface area (Å²) in [6, 6.07) is 5.31. The molecule has 0 aromatic heterocycles. The Morgan fingerprint density at radius 1 is 0.905 bits per heavy atom. The van der Waals surface area contributed by atoms with E-state index in [9.17, 15) is 26.7 Å². The van der Waals surface area contributed by atoms with Gasteiger partial charge in [-0.05, 0) is 52.3 Å². The van der Waals surface area contributed by atoms with E-state index in [4.69, 9.17) is 0 Å². The minimum absolute atomic E-state index is 0.120. The maximum atomic E-state index is 13.3. The lowest BCUT2D eigenvalue weighted by atomic mass is 10.0. The molecule has 0 saturated heterocycles. The fraction of sp³-hybridized carbons (Fsp3) is 0.0714. The smallest absolute Gasteiger partial charge is 0.289 e. The monoisotopic (exact) mass is 364 g/mol. The minimum Gasteiger partial charge on any atom is -0.289 e. The van der Waals surface area contributed by atoms with Crippen LogP contribution in [0.15, 0.2) is 40.9 Å². The molecule has 0 heterocycles. The van der Waals surface area contributed by atoms with Gasteiger partial charge in [0.1, 0.15) is 11.6 Å². The quantitative estimate of drug-likeness (QED) is 0.542. The highest BCUT2D eigenvalue weighted by molar-refractivity contribution is 9.10. The molecule has 0 aliphatic rings. The molecule has 2 rings (SSSR count). The van der Waals surface area contributed by atoms with Crippen LogP contribution in [-0.2, 0) is 6.18 Å². The number of alkyl halides is 3. The van der Waals surface area contributed by atoms with Gasteiger partial charge in [-0.15, -0.1) is 0 Å². The van der Waals surface area contributed by atoms with Crippen molar-refractivity contribution in [2.75, 3.05) is 0 Å². The zero-order valence-corrected chi connectivity index (χ0v) is 11.7. The van der Waals surface area contributed by atoms with Crippen molar-refractivity contribution >= 4 is 21.7 Å². The number of hydrogen-bond donors (Lipinski definition) is 0. The molecule has 1 nitrogen and oxygen atoms in total. The van der Waals surface area contributed by atoms with Gasteiger partial charge < -0.3 is 0 Å². The zero-order chi connectivity index (χ0) is 15.8. The molecule has 0 radical (unpaired) electrons. The van der Waals surface area contributed by atoms with Crippen molar-refractivity contribution in [2.24, 2.45) is 0 Å². The summed E-state index contributed by atoms with van der Waals surface area (Å²) in [4.78, 5) is 12.0. The summed E-state index contributed by atoms with van der Waals surface area (Å²) in [6.07, 6.45) is -4.91. The lowest BCUT2D eigenvalue weighted by Crippen LogP contribution is -2.11. The summed E-state index contributed by atoms with van der Waals surface area (Å²) in [5.74, 6) is -3.02. The molecule has 2 aromatic carbocycles. The number of ketones is 1. The summed E-state index contributed by atoms with van der Waals surface area (Å²) >= 11 is 2.90. The summed E-state index contributed by atoms with van der Waals surface area (Å²) in [5, 5.41) is 0. The number of halogens is 6. The molecule has 21 heavy (non-hydrogen) atoms. The predicted octanol–water partition coefficient (Wildman–Crippen LogP) is 4.98. The predicted molar refractivity (Wildman–Crippen MR) is 68.9 cm³/mol. The van der Waals surface area contributed by atoms with Gasteiger partial charge in [-0.25, -0.2) is 8.78 Å². The Hall–Kier alpha value is -1.76. The lowest BCUT2D eigenvalue weighted by Gasteiger charge is -2.10. The molecule has 0 spiro atoms. The highest BCUT2D eigenvalue weighted by Crippen LogP contribution is 2.32. The Morgan fingerprint density at radius 2 is 1.48 bits per heavy atom. The Balaban J connectivity index is 2.46. The molecule has 110 valence electrons. The van der Waals surface area contributed by atoms with Crippen LogP contribution in [0.4, 0.5) is 22.0 Å². The van der Waals surface area contributed by atoms with Crippen LogP contribution in [0.3, 0.4) is 0 Å². The van der Waals surface area contributed by atoms with Gasteiger partial charge in [0, 0.05) is 11.1 Å². The summed E-state index contributed by atoms with van der Waals surface area (Å²) in [5.41, 5.74) is -2.04. The van der Waals surface area contributed by atoms with Gasteiger partial charge in [0.15, 0.2) is 5.78 Å². The van der Waals surface area contributed by atoms with Gasteiger partial charge in [-0.2, -0.15) is 13.2 Å². The summed E-state index contributed by atoms with van der Waals surface area (Å²) in [6.45, 7) is 0. The van der Waals surface area contributed by atoms with E-state index in [1.54, 1.807) is 0 Å². The standard InChI is InChI=1S/C14H6BrF5O/c15-10-3-1-8(6-12(10)17)13(21)7-2-4-11(16)9(5-7)14(18,19)20/h1-6H. The van der Waals surface area contributed by atoms with Gasteiger partial charge in [0.2, 0.25) is 0 Å². The second-order valence-corrected chi connectivity index (χ2v) is 5.00. The average molecular weight is 365 g/mol. The van der Waals surface area contributed by atoms with E-state index in [0.29, 0.717) is 12.1 Å². The molecule has 7 heteroatoms. The molecule has 0 aliphatic heterocycles. The first kappa shape index (κ1) is 15.6. The van der Waals surface area contributed by atoms with E-state index in [0.717, 1.165) is 12.1 Å². The number of hydrogen-bond acceptors (Lipinski definition) is 1. The molecule has 2 aromatic rings. The second kappa shape index (κ2) is 5.55. The molecule has 0 atom stereocenters. The largest absolute Gasteiger partial charge is 0.419 e. The van der Waals surface area contributed by atoms with Crippen LogP contribution in [-0.4, -0.2) is 5.78 Å². The minimum atomic E-state index is -4.91. The molecular formula is C14H6BrF5O. The third-order valence-corrected chi connectivity index (χ3v) is 3.36. The van der Waals surface area contributed by atoms with Gasteiger partial charge in [-0.3, -0.25) is 4.79 Å². The van der Waals surface area contributed by atoms with Gasteiger partial charge >= 0.3 is 6.18 Å². The van der Waals surface area contributed by atoms with E-state index in [-0.39, 0.29) is 15.6 Å². The normalized spacial score (nSPS) is 11.5. The number of rotatable bonds is 2. The van der Waals surface area contributed by atoms with Gasteiger partial charge in [0.05, 0.1) is 10.0 Å². The Morgan fingerprint density at radius 3 is 2.05 bits per heavy atom. The zero-order valence-electron chi connectivity index (χ0n) is 10.1. The fourth-order valence-corrected chi connectivity index (χ4v) is 1.93. The molecule has 0 bridgehead atoms. The van der Waals surface area contributed by atoms with E-state index in [1.807, 2.05) is 0 Å². The SMILES string of the molecule is O=C(c1ccc(Br)c(F)c1)c1ccc(F)c(C(F)(F)F)c1. The van der Waals surface area contributed by atoms with Crippen molar-refractivity contribution in [1.29, 1.82) is 0 Å². The molecule has 0 fully saturated rings. The maximum Gasteiger partial charge on any atom is 0.419 e. The molecule has 0 unspecified atom stereocenters. The van der Waals surface area contributed by atoms with Crippen molar-refractivity contribution < 1.29 is 26.7 Å². The van der Waals surface area contributed by atoms with E-state index in [2.05, 4.69) is 15.9 Å². The second-order valence-electron chi connectivity index (χ2n) is 4.15. The first-order valence-corrected chi connectivity index (χ1v) is 6.36. The Bertz CT molecular complexity index is 709. The topological polar surface area (TPSA) is 17.1 Å². The van der Waals surface area contributed by atoms with E-state index in [1.165, 1.54) is 12.1 Å². The van der Waals surface area contributed by atoms with E-state index >= 15 is 0 Å². The number of benzene rings is 2. The molecule has 0 saturated carbocycles. The van der Waals surface area contributed by atoms with Crippen LogP contribution in [0.1, 0.15) is 21.5 Å². The average Bonchev–Trinajstić information content (AvgIpc) is 2.40. The Labute approximate surface area is 124 Å².